The Morgan fingerprint density at radius 3 is 2.60 bits per heavy atom. The van der Waals surface area contributed by atoms with Crippen molar-refractivity contribution >= 4 is 5.82 Å². The van der Waals surface area contributed by atoms with Gasteiger partial charge in [0.15, 0.2) is 0 Å². The summed E-state index contributed by atoms with van der Waals surface area (Å²) in [5, 5.41) is 0. The standard InChI is InChI=1S/C16H19N3O/c1-13-2-4-14(5-3-13)10-15-11-16(18-12-17-15)19-6-8-20-9-7-19/h2-5,11-12H,6-10H2,1H3. The number of benzene rings is 1. The Morgan fingerprint density at radius 1 is 1.10 bits per heavy atom. The number of aromatic nitrogens is 2. The minimum atomic E-state index is 0.775. The van der Waals surface area contributed by atoms with Crippen LogP contribution in [0.3, 0.4) is 0 Å². The molecule has 20 heavy (non-hydrogen) atoms. The summed E-state index contributed by atoms with van der Waals surface area (Å²) in [6.45, 7) is 5.46. The van der Waals surface area contributed by atoms with Gasteiger partial charge in [-0.3, -0.25) is 0 Å². The van der Waals surface area contributed by atoms with Gasteiger partial charge in [0.25, 0.3) is 0 Å². The fourth-order valence-corrected chi connectivity index (χ4v) is 2.36. The van der Waals surface area contributed by atoms with E-state index in [-0.39, 0.29) is 0 Å². The predicted molar refractivity (Wildman–Crippen MR) is 79.0 cm³/mol. The van der Waals surface area contributed by atoms with Gasteiger partial charge in [-0.15, -0.1) is 0 Å². The average molecular weight is 269 g/mol. The van der Waals surface area contributed by atoms with E-state index in [9.17, 15) is 0 Å². The van der Waals surface area contributed by atoms with Crippen LogP contribution in [0.5, 0.6) is 0 Å². The fourth-order valence-electron chi connectivity index (χ4n) is 2.36. The maximum Gasteiger partial charge on any atom is 0.132 e. The third-order valence-electron chi connectivity index (χ3n) is 3.55. The molecule has 0 aliphatic carbocycles. The summed E-state index contributed by atoms with van der Waals surface area (Å²) in [4.78, 5) is 11.0. The van der Waals surface area contributed by atoms with E-state index in [1.54, 1.807) is 6.33 Å². The maximum absolute atomic E-state index is 5.37. The molecule has 0 radical (unpaired) electrons. The summed E-state index contributed by atoms with van der Waals surface area (Å²) >= 11 is 0. The van der Waals surface area contributed by atoms with Gasteiger partial charge >= 0.3 is 0 Å². The molecule has 1 aliphatic heterocycles. The molecule has 2 aromatic rings. The van der Waals surface area contributed by atoms with Crippen LogP contribution in [0, 0.1) is 6.92 Å². The van der Waals surface area contributed by atoms with Crippen molar-refractivity contribution in [1.29, 1.82) is 0 Å². The Bertz CT molecular complexity index is 562. The molecule has 0 amide bonds. The molecule has 1 aromatic heterocycles. The molecule has 0 N–H and O–H groups in total. The first-order chi connectivity index (χ1) is 9.81. The summed E-state index contributed by atoms with van der Waals surface area (Å²) in [6, 6.07) is 10.7. The molecule has 0 saturated carbocycles. The van der Waals surface area contributed by atoms with Crippen LogP contribution in [-0.2, 0) is 11.2 Å². The number of rotatable bonds is 3. The minimum absolute atomic E-state index is 0.775. The number of nitrogens with zero attached hydrogens (tertiary/aromatic N) is 3. The van der Waals surface area contributed by atoms with Crippen LogP contribution in [0.15, 0.2) is 36.7 Å². The smallest absolute Gasteiger partial charge is 0.132 e. The monoisotopic (exact) mass is 269 g/mol. The van der Waals surface area contributed by atoms with Crippen LogP contribution in [0.4, 0.5) is 5.82 Å². The lowest BCUT2D eigenvalue weighted by Gasteiger charge is -2.27. The van der Waals surface area contributed by atoms with Crippen molar-refractivity contribution in [3.8, 4) is 0 Å². The Hall–Kier alpha value is -1.94. The number of hydrogen-bond donors (Lipinski definition) is 0. The van der Waals surface area contributed by atoms with Crippen molar-refractivity contribution in [1.82, 2.24) is 9.97 Å². The average Bonchev–Trinajstić information content (AvgIpc) is 2.51. The highest BCUT2D eigenvalue weighted by Crippen LogP contribution is 2.15. The van der Waals surface area contributed by atoms with Gasteiger partial charge in [-0.2, -0.15) is 0 Å². The molecule has 4 nitrogen and oxygen atoms in total. The van der Waals surface area contributed by atoms with Gasteiger partial charge in [0.1, 0.15) is 12.1 Å². The van der Waals surface area contributed by atoms with E-state index >= 15 is 0 Å². The van der Waals surface area contributed by atoms with Gasteiger partial charge in [0.2, 0.25) is 0 Å². The normalized spacial score (nSPS) is 15.3. The van der Waals surface area contributed by atoms with Gasteiger partial charge < -0.3 is 9.64 Å². The molecule has 1 fully saturated rings. The first-order valence-electron chi connectivity index (χ1n) is 7.00. The van der Waals surface area contributed by atoms with Crippen molar-refractivity contribution in [2.24, 2.45) is 0 Å². The van der Waals surface area contributed by atoms with Crippen molar-refractivity contribution < 1.29 is 4.74 Å². The molecule has 4 heteroatoms. The summed E-state index contributed by atoms with van der Waals surface area (Å²) in [6.07, 6.45) is 2.51. The minimum Gasteiger partial charge on any atom is -0.378 e. The van der Waals surface area contributed by atoms with Gasteiger partial charge in [-0.1, -0.05) is 29.8 Å². The molecule has 2 heterocycles. The van der Waals surface area contributed by atoms with Crippen LogP contribution >= 0.6 is 0 Å². The highest BCUT2D eigenvalue weighted by molar-refractivity contribution is 5.40. The van der Waals surface area contributed by atoms with Gasteiger partial charge in [-0.25, -0.2) is 9.97 Å². The van der Waals surface area contributed by atoms with Crippen molar-refractivity contribution in [3.05, 3.63) is 53.5 Å². The van der Waals surface area contributed by atoms with E-state index in [4.69, 9.17) is 4.74 Å². The Kier molecular flexibility index (Phi) is 3.92. The number of morpholine rings is 1. The molecule has 0 atom stereocenters. The summed E-state index contributed by atoms with van der Waals surface area (Å²) < 4.78 is 5.37. The highest BCUT2D eigenvalue weighted by Gasteiger charge is 2.13. The van der Waals surface area contributed by atoms with Gasteiger partial charge in [-0.05, 0) is 12.5 Å². The van der Waals surface area contributed by atoms with E-state index in [0.717, 1.165) is 44.2 Å². The number of anilines is 1. The molecule has 1 saturated heterocycles. The second kappa shape index (κ2) is 6.01. The second-order valence-electron chi connectivity index (χ2n) is 5.13. The number of ether oxygens (including phenoxy) is 1. The van der Waals surface area contributed by atoms with Crippen LogP contribution < -0.4 is 4.90 Å². The lowest BCUT2D eigenvalue weighted by Crippen LogP contribution is -2.36. The third-order valence-corrected chi connectivity index (χ3v) is 3.55. The topological polar surface area (TPSA) is 38.2 Å². The van der Waals surface area contributed by atoms with Crippen LogP contribution in [0.25, 0.3) is 0 Å². The third kappa shape index (κ3) is 3.14. The number of aryl methyl sites for hydroxylation is 1. The quantitative estimate of drug-likeness (QED) is 0.856. The first-order valence-corrected chi connectivity index (χ1v) is 7.00. The highest BCUT2D eigenvalue weighted by atomic mass is 16.5. The summed E-state index contributed by atoms with van der Waals surface area (Å²) in [5.41, 5.74) is 3.62. The summed E-state index contributed by atoms with van der Waals surface area (Å²) in [5.74, 6) is 1.01. The van der Waals surface area contributed by atoms with Crippen molar-refractivity contribution in [2.45, 2.75) is 13.3 Å². The lowest BCUT2D eigenvalue weighted by molar-refractivity contribution is 0.122. The SMILES string of the molecule is Cc1ccc(Cc2cc(N3CCOCC3)ncn2)cc1. The Balaban J connectivity index is 1.75. The molecule has 1 aromatic carbocycles. The molecule has 1 aliphatic rings. The van der Waals surface area contributed by atoms with Gasteiger partial charge in [0, 0.05) is 25.6 Å². The van der Waals surface area contributed by atoms with Crippen molar-refractivity contribution in [2.75, 3.05) is 31.2 Å². The van der Waals surface area contributed by atoms with Crippen LogP contribution in [0.2, 0.25) is 0 Å². The molecule has 104 valence electrons. The van der Waals surface area contributed by atoms with E-state index in [0.29, 0.717) is 0 Å². The molecule has 0 spiro atoms. The zero-order chi connectivity index (χ0) is 13.8. The molecule has 0 bridgehead atoms. The van der Waals surface area contributed by atoms with Crippen molar-refractivity contribution in [3.63, 3.8) is 0 Å². The van der Waals surface area contributed by atoms with E-state index in [2.05, 4.69) is 52.1 Å². The largest absolute Gasteiger partial charge is 0.378 e. The lowest BCUT2D eigenvalue weighted by atomic mass is 10.1. The van der Waals surface area contributed by atoms with Gasteiger partial charge in [0.05, 0.1) is 18.9 Å². The zero-order valence-electron chi connectivity index (χ0n) is 11.7. The molecule has 3 rings (SSSR count). The van der Waals surface area contributed by atoms with Crippen LogP contribution in [-0.4, -0.2) is 36.3 Å². The maximum atomic E-state index is 5.37. The molecular formula is C16H19N3O. The van der Waals surface area contributed by atoms with E-state index < -0.39 is 0 Å². The Labute approximate surface area is 119 Å². The number of hydrogen-bond acceptors (Lipinski definition) is 4. The zero-order valence-corrected chi connectivity index (χ0v) is 11.7. The summed E-state index contributed by atoms with van der Waals surface area (Å²) in [7, 11) is 0. The fraction of sp³-hybridized carbons (Fsp3) is 0.375. The van der Waals surface area contributed by atoms with E-state index in [1.807, 2.05) is 0 Å². The predicted octanol–water partition coefficient (Wildman–Crippen LogP) is 2.21. The second-order valence-corrected chi connectivity index (χ2v) is 5.13. The first kappa shape index (κ1) is 13.1. The van der Waals surface area contributed by atoms with E-state index in [1.165, 1.54) is 11.1 Å². The molecular weight excluding hydrogens is 250 g/mol. The molecule has 0 unspecified atom stereocenters. The Morgan fingerprint density at radius 2 is 1.85 bits per heavy atom. The van der Waals surface area contributed by atoms with Crippen LogP contribution in [0.1, 0.15) is 16.8 Å².